The van der Waals surface area contributed by atoms with Crippen LogP contribution in [-0.4, -0.2) is 24.1 Å². The molecule has 3 aromatic carbocycles. The molecule has 0 aromatic heterocycles. The number of hydrogen-bond acceptors (Lipinski definition) is 4. The molecule has 0 saturated heterocycles. The maximum Gasteiger partial charge on any atom is 0.262 e. The van der Waals surface area contributed by atoms with E-state index in [1.165, 1.54) is 24.4 Å². The van der Waals surface area contributed by atoms with Crippen LogP contribution in [0.5, 0.6) is 5.75 Å². The van der Waals surface area contributed by atoms with E-state index in [9.17, 15) is 14.0 Å². The van der Waals surface area contributed by atoms with Gasteiger partial charge in [-0.2, -0.15) is 5.10 Å². The molecular weight excluding hydrogens is 457 g/mol. The van der Waals surface area contributed by atoms with Gasteiger partial charge >= 0.3 is 0 Å². The smallest absolute Gasteiger partial charge is 0.262 e. The van der Waals surface area contributed by atoms with E-state index in [4.69, 9.17) is 16.3 Å². The third kappa shape index (κ3) is 6.89. The molecule has 0 aliphatic heterocycles. The molecule has 34 heavy (non-hydrogen) atoms. The lowest BCUT2D eigenvalue weighted by Crippen LogP contribution is -2.48. The maximum absolute atomic E-state index is 13.9. The summed E-state index contributed by atoms with van der Waals surface area (Å²) in [7, 11) is 0. The molecule has 0 saturated carbocycles. The van der Waals surface area contributed by atoms with Gasteiger partial charge in [-0.3, -0.25) is 9.59 Å². The Kier molecular flexibility index (Phi) is 8.76. The van der Waals surface area contributed by atoms with Crippen molar-refractivity contribution in [3.8, 4) is 5.75 Å². The summed E-state index contributed by atoms with van der Waals surface area (Å²) >= 11 is 5.91. The zero-order valence-corrected chi connectivity index (χ0v) is 19.6. The van der Waals surface area contributed by atoms with E-state index in [-0.39, 0.29) is 11.5 Å². The lowest BCUT2D eigenvalue weighted by atomic mass is 10.0. The zero-order valence-electron chi connectivity index (χ0n) is 18.8. The van der Waals surface area contributed by atoms with E-state index >= 15 is 0 Å². The highest BCUT2D eigenvalue weighted by molar-refractivity contribution is 6.30. The number of amides is 2. The second-order valence-electron chi connectivity index (χ2n) is 7.86. The maximum atomic E-state index is 13.9. The second-order valence-corrected chi connectivity index (χ2v) is 8.30. The normalized spacial score (nSPS) is 11.9. The number of carbonyl (C=O) groups is 2. The Balaban J connectivity index is 1.63. The Bertz CT molecular complexity index is 1170. The van der Waals surface area contributed by atoms with Crippen molar-refractivity contribution in [3.05, 3.63) is 100 Å². The molecule has 0 aliphatic carbocycles. The van der Waals surface area contributed by atoms with Crippen molar-refractivity contribution >= 4 is 29.6 Å². The minimum atomic E-state index is -0.902. The molecular formula is C26H25ClFN3O3. The molecule has 176 valence electrons. The number of nitrogens with one attached hydrogen (secondary N) is 2. The van der Waals surface area contributed by atoms with E-state index in [1.54, 1.807) is 44.2 Å². The molecule has 2 N–H and O–H groups in total. The van der Waals surface area contributed by atoms with Crippen molar-refractivity contribution in [2.75, 3.05) is 0 Å². The number of ether oxygens (including phenoxy) is 1. The Labute approximate surface area is 202 Å². The first-order valence-electron chi connectivity index (χ1n) is 10.7. The van der Waals surface area contributed by atoms with Gasteiger partial charge < -0.3 is 10.1 Å². The van der Waals surface area contributed by atoms with Crippen LogP contribution in [0.1, 0.15) is 35.3 Å². The third-order valence-corrected chi connectivity index (χ3v) is 5.21. The number of para-hydroxylation sites is 1. The molecule has 6 nitrogen and oxygen atoms in total. The van der Waals surface area contributed by atoms with Crippen molar-refractivity contribution in [1.29, 1.82) is 0 Å². The van der Waals surface area contributed by atoms with E-state index in [1.807, 2.05) is 24.3 Å². The molecule has 2 amide bonds. The van der Waals surface area contributed by atoms with Gasteiger partial charge in [-0.15, -0.1) is 0 Å². The van der Waals surface area contributed by atoms with Crippen LogP contribution in [0.3, 0.4) is 0 Å². The minimum Gasteiger partial charge on any atom is -0.488 e. The number of hydrogen-bond donors (Lipinski definition) is 2. The van der Waals surface area contributed by atoms with E-state index in [2.05, 4.69) is 15.8 Å². The first-order valence-corrected chi connectivity index (χ1v) is 11.1. The number of hydrazone groups is 1. The van der Waals surface area contributed by atoms with E-state index in [0.29, 0.717) is 22.9 Å². The highest BCUT2D eigenvalue weighted by Gasteiger charge is 2.25. The van der Waals surface area contributed by atoms with Crippen LogP contribution in [0.2, 0.25) is 5.02 Å². The highest BCUT2D eigenvalue weighted by Crippen LogP contribution is 2.18. The SMILES string of the molecule is CC(C)C(NC(=O)c1ccccc1F)C(=O)NN=Cc1ccccc1OCc1ccc(Cl)cc1. The van der Waals surface area contributed by atoms with Crippen LogP contribution in [0.25, 0.3) is 0 Å². The molecule has 1 unspecified atom stereocenters. The molecule has 0 aliphatic rings. The summed E-state index contributed by atoms with van der Waals surface area (Å²) in [6.45, 7) is 3.89. The molecule has 8 heteroatoms. The van der Waals surface area contributed by atoms with Crippen LogP contribution in [0.15, 0.2) is 77.9 Å². The lowest BCUT2D eigenvalue weighted by Gasteiger charge is -2.20. The predicted molar refractivity (Wildman–Crippen MR) is 130 cm³/mol. The van der Waals surface area contributed by atoms with E-state index < -0.39 is 23.7 Å². The Morgan fingerprint density at radius 1 is 1.03 bits per heavy atom. The van der Waals surface area contributed by atoms with Gasteiger partial charge in [-0.1, -0.05) is 61.8 Å². The average Bonchev–Trinajstić information content (AvgIpc) is 2.82. The Hall–Kier alpha value is -3.71. The van der Waals surface area contributed by atoms with Gasteiger partial charge in [0.1, 0.15) is 24.2 Å². The Morgan fingerprint density at radius 3 is 2.41 bits per heavy atom. The summed E-state index contributed by atoms with van der Waals surface area (Å²) in [5, 5.41) is 7.25. The summed E-state index contributed by atoms with van der Waals surface area (Å²) < 4.78 is 19.8. The zero-order chi connectivity index (χ0) is 24.5. The topological polar surface area (TPSA) is 79.8 Å². The molecule has 0 spiro atoms. The quantitative estimate of drug-likeness (QED) is 0.335. The van der Waals surface area contributed by atoms with E-state index in [0.717, 1.165) is 5.56 Å². The first-order chi connectivity index (χ1) is 16.3. The summed E-state index contributed by atoms with van der Waals surface area (Å²) in [5.74, 6) is -1.51. The van der Waals surface area contributed by atoms with Crippen molar-refractivity contribution in [3.63, 3.8) is 0 Å². The number of benzene rings is 3. The summed E-state index contributed by atoms with van der Waals surface area (Å²) in [5.41, 5.74) is 3.93. The predicted octanol–water partition coefficient (Wildman–Crippen LogP) is 4.96. The average molecular weight is 482 g/mol. The van der Waals surface area contributed by atoms with Crippen LogP contribution in [0, 0.1) is 11.7 Å². The first kappa shape index (κ1) is 24.9. The van der Waals surface area contributed by atoms with Crippen molar-refractivity contribution in [1.82, 2.24) is 10.7 Å². The molecule has 0 radical (unpaired) electrons. The van der Waals surface area contributed by atoms with Gasteiger partial charge in [0.05, 0.1) is 11.8 Å². The lowest BCUT2D eigenvalue weighted by molar-refractivity contribution is -0.123. The number of carbonyl (C=O) groups excluding carboxylic acids is 2. The van der Waals surface area contributed by atoms with Gasteiger partial charge in [-0.05, 0) is 47.9 Å². The summed E-state index contributed by atoms with van der Waals surface area (Å²) in [6, 6.07) is 19.3. The Morgan fingerprint density at radius 2 is 1.71 bits per heavy atom. The van der Waals surface area contributed by atoms with Crippen molar-refractivity contribution in [2.45, 2.75) is 26.5 Å². The fourth-order valence-electron chi connectivity index (χ4n) is 3.09. The van der Waals surface area contributed by atoms with Crippen molar-refractivity contribution < 1.29 is 18.7 Å². The standard InChI is InChI=1S/C26H25ClFN3O3/c1-17(2)24(30-25(32)21-8-4-5-9-22(21)28)26(33)31-29-15-19-7-3-6-10-23(19)34-16-18-11-13-20(27)14-12-18/h3-15,17,24H,16H2,1-2H3,(H,30,32)(H,31,33). The molecule has 1 atom stereocenters. The van der Waals surface area contributed by atoms with Gasteiger partial charge in [0.25, 0.3) is 11.8 Å². The number of nitrogens with zero attached hydrogens (tertiary/aromatic N) is 1. The molecule has 0 heterocycles. The molecule has 3 rings (SSSR count). The van der Waals surface area contributed by atoms with Crippen molar-refractivity contribution in [2.24, 2.45) is 11.0 Å². The fraction of sp³-hybridized carbons (Fsp3) is 0.192. The van der Waals surface area contributed by atoms with Gasteiger partial charge in [0, 0.05) is 10.6 Å². The van der Waals surface area contributed by atoms with Gasteiger partial charge in [0.15, 0.2) is 0 Å². The largest absolute Gasteiger partial charge is 0.488 e. The minimum absolute atomic E-state index is 0.129. The van der Waals surface area contributed by atoms with Gasteiger partial charge in [0.2, 0.25) is 0 Å². The summed E-state index contributed by atoms with van der Waals surface area (Å²) in [6.07, 6.45) is 1.46. The highest BCUT2D eigenvalue weighted by atomic mass is 35.5. The van der Waals surface area contributed by atoms with Crippen LogP contribution in [-0.2, 0) is 11.4 Å². The third-order valence-electron chi connectivity index (χ3n) is 4.96. The van der Waals surface area contributed by atoms with Crippen LogP contribution >= 0.6 is 11.6 Å². The van der Waals surface area contributed by atoms with Crippen LogP contribution in [0.4, 0.5) is 4.39 Å². The number of halogens is 2. The molecule has 3 aromatic rings. The monoisotopic (exact) mass is 481 g/mol. The van der Waals surface area contributed by atoms with Gasteiger partial charge in [-0.25, -0.2) is 9.82 Å². The molecule has 0 fully saturated rings. The fourth-order valence-corrected chi connectivity index (χ4v) is 3.22. The molecule has 0 bridgehead atoms. The summed E-state index contributed by atoms with van der Waals surface area (Å²) in [4.78, 5) is 25.1. The van der Waals surface area contributed by atoms with Crippen LogP contribution < -0.4 is 15.5 Å². The number of rotatable bonds is 9. The second kappa shape index (κ2) is 12.0.